The van der Waals surface area contributed by atoms with Gasteiger partial charge in [0.1, 0.15) is 11.6 Å². The van der Waals surface area contributed by atoms with Crippen LogP contribution in [-0.4, -0.2) is 16.5 Å². The van der Waals surface area contributed by atoms with Crippen LogP contribution in [0.4, 0.5) is 5.82 Å². The van der Waals surface area contributed by atoms with Gasteiger partial charge in [0.15, 0.2) is 0 Å². The molecule has 0 spiro atoms. The van der Waals surface area contributed by atoms with Gasteiger partial charge in [0.25, 0.3) is 5.56 Å². The van der Waals surface area contributed by atoms with Crippen molar-refractivity contribution >= 4 is 5.82 Å². The molecule has 4 heteroatoms. The normalized spacial score (nSPS) is 19.2. The predicted molar refractivity (Wildman–Crippen MR) is 82.7 cm³/mol. The van der Waals surface area contributed by atoms with E-state index in [1.807, 2.05) is 6.07 Å². The number of aromatic amines is 1. The lowest BCUT2D eigenvalue weighted by Crippen LogP contribution is -2.40. The molecule has 4 nitrogen and oxygen atoms in total. The fourth-order valence-corrected chi connectivity index (χ4v) is 3.52. The van der Waals surface area contributed by atoms with E-state index in [4.69, 9.17) is 4.98 Å². The van der Waals surface area contributed by atoms with E-state index in [0.717, 1.165) is 49.4 Å². The lowest BCUT2D eigenvalue weighted by atomic mass is 9.64. The van der Waals surface area contributed by atoms with Crippen LogP contribution in [0.25, 0.3) is 0 Å². The molecule has 4 rings (SSSR count). The molecule has 2 heterocycles. The molecule has 2 aliphatic rings. The fraction of sp³-hybridized carbons (Fsp3) is 0.412. The molecule has 0 amide bonds. The molecule has 0 saturated heterocycles. The molecule has 1 saturated carbocycles. The number of nitrogens with zero attached hydrogens (tertiary/aromatic N) is 1. The molecule has 0 atom stereocenters. The molecule has 0 bridgehead atoms. The summed E-state index contributed by atoms with van der Waals surface area (Å²) in [6.45, 7) is 0.904. The minimum atomic E-state index is -0.103. The van der Waals surface area contributed by atoms with Crippen molar-refractivity contribution in [3.05, 3.63) is 57.6 Å². The van der Waals surface area contributed by atoms with Crippen LogP contribution in [0.5, 0.6) is 0 Å². The maximum absolute atomic E-state index is 12.4. The standard InChI is InChI=1S/C17H19N3O/c21-15-13-8-4-11-18-14(13)19-16(20-15)17(9-5-10-17)12-6-2-1-3-7-12/h1-3,6-7H,4-5,8-11H2,(H2,18,19,20,21). The number of anilines is 1. The summed E-state index contributed by atoms with van der Waals surface area (Å²) in [5.41, 5.74) is 2.00. The number of fused-ring (bicyclic) bond motifs is 1. The molecule has 0 unspecified atom stereocenters. The van der Waals surface area contributed by atoms with Crippen molar-refractivity contribution in [2.24, 2.45) is 0 Å². The van der Waals surface area contributed by atoms with Crippen LogP contribution in [-0.2, 0) is 11.8 Å². The Morgan fingerprint density at radius 1 is 1.10 bits per heavy atom. The maximum Gasteiger partial charge on any atom is 0.256 e. The molecule has 108 valence electrons. The Morgan fingerprint density at radius 2 is 1.90 bits per heavy atom. The van der Waals surface area contributed by atoms with Crippen LogP contribution in [0.3, 0.4) is 0 Å². The minimum Gasteiger partial charge on any atom is -0.370 e. The average molecular weight is 281 g/mol. The number of H-pyrrole nitrogens is 1. The van der Waals surface area contributed by atoms with Gasteiger partial charge in [-0.05, 0) is 31.2 Å². The molecule has 1 aromatic carbocycles. The lowest BCUT2D eigenvalue weighted by molar-refractivity contribution is 0.284. The first kappa shape index (κ1) is 12.6. The molecule has 1 aliphatic heterocycles. The summed E-state index contributed by atoms with van der Waals surface area (Å²) in [5.74, 6) is 1.63. The second-order valence-electron chi connectivity index (χ2n) is 6.07. The van der Waals surface area contributed by atoms with E-state index in [2.05, 4.69) is 34.6 Å². The SMILES string of the molecule is O=c1[nH]c(C2(c3ccccc3)CCC2)nc2c1CCCN2. The highest BCUT2D eigenvalue weighted by Gasteiger charge is 2.43. The average Bonchev–Trinajstić information content (AvgIpc) is 2.47. The van der Waals surface area contributed by atoms with Crippen molar-refractivity contribution < 1.29 is 0 Å². The van der Waals surface area contributed by atoms with E-state index in [1.54, 1.807) is 0 Å². The van der Waals surface area contributed by atoms with Crippen molar-refractivity contribution in [1.82, 2.24) is 9.97 Å². The van der Waals surface area contributed by atoms with E-state index in [9.17, 15) is 4.79 Å². The van der Waals surface area contributed by atoms with Crippen LogP contribution in [0.1, 0.15) is 42.6 Å². The highest BCUT2D eigenvalue weighted by Crippen LogP contribution is 2.47. The van der Waals surface area contributed by atoms with Crippen LogP contribution in [0.15, 0.2) is 35.1 Å². The third-order valence-electron chi connectivity index (χ3n) is 4.90. The van der Waals surface area contributed by atoms with Crippen LogP contribution < -0.4 is 10.9 Å². The first-order valence-electron chi connectivity index (χ1n) is 7.73. The van der Waals surface area contributed by atoms with E-state index >= 15 is 0 Å². The molecular formula is C17H19N3O. The van der Waals surface area contributed by atoms with Crippen molar-refractivity contribution in [2.75, 3.05) is 11.9 Å². The highest BCUT2D eigenvalue weighted by molar-refractivity contribution is 5.47. The number of nitrogens with one attached hydrogen (secondary N) is 2. The zero-order valence-corrected chi connectivity index (χ0v) is 12.0. The Labute approximate surface area is 123 Å². The summed E-state index contributed by atoms with van der Waals surface area (Å²) in [4.78, 5) is 20.2. The Bertz CT molecular complexity index is 717. The summed E-state index contributed by atoms with van der Waals surface area (Å²) in [5, 5.41) is 3.28. The minimum absolute atomic E-state index is 0.0319. The quantitative estimate of drug-likeness (QED) is 0.889. The van der Waals surface area contributed by atoms with E-state index in [0.29, 0.717) is 0 Å². The van der Waals surface area contributed by atoms with Crippen LogP contribution in [0, 0.1) is 0 Å². The van der Waals surface area contributed by atoms with Gasteiger partial charge in [-0.1, -0.05) is 36.8 Å². The second kappa shape index (κ2) is 4.72. The number of benzene rings is 1. The maximum atomic E-state index is 12.4. The number of hydrogen-bond donors (Lipinski definition) is 2. The van der Waals surface area contributed by atoms with Gasteiger partial charge in [0.05, 0.1) is 11.0 Å². The van der Waals surface area contributed by atoms with Crippen molar-refractivity contribution in [3.63, 3.8) is 0 Å². The molecule has 2 aromatic rings. The zero-order valence-electron chi connectivity index (χ0n) is 12.0. The Hall–Kier alpha value is -2.10. The van der Waals surface area contributed by atoms with Crippen molar-refractivity contribution in [1.29, 1.82) is 0 Å². The molecular weight excluding hydrogens is 262 g/mol. The Balaban J connectivity index is 1.85. The second-order valence-corrected chi connectivity index (χ2v) is 6.07. The highest BCUT2D eigenvalue weighted by atomic mass is 16.1. The van der Waals surface area contributed by atoms with Gasteiger partial charge >= 0.3 is 0 Å². The summed E-state index contributed by atoms with van der Waals surface area (Å²) >= 11 is 0. The first-order valence-corrected chi connectivity index (χ1v) is 7.73. The summed E-state index contributed by atoms with van der Waals surface area (Å²) in [7, 11) is 0. The topological polar surface area (TPSA) is 57.8 Å². The largest absolute Gasteiger partial charge is 0.370 e. The van der Waals surface area contributed by atoms with Gasteiger partial charge in [-0.2, -0.15) is 0 Å². The number of hydrogen-bond acceptors (Lipinski definition) is 3. The summed E-state index contributed by atoms with van der Waals surface area (Å²) in [6, 6.07) is 10.4. The van der Waals surface area contributed by atoms with Crippen molar-refractivity contribution in [3.8, 4) is 0 Å². The predicted octanol–water partition coefficient (Wildman–Crippen LogP) is 2.60. The van der Waals surface area contributed by atoms with Crippen molar-refractivity contribution in [2.45, 2.75) is 37.5 Å². The molecule has 0 radical (unpaired) electrons. The van der Waals surface area contributed by atoms with Gasteiger partial charge < -0.3 is 10.3 Å². The summed E-state index contributed by atoms with van der Waals surface area (Å²) in [6.07, 6.45) is 5.12. The molecule has 1 aliphatic carbocycles. The molecule has 21 heavy (non-hydrogen) atoms. The summed E-state index contributed by atoms with van der Waals surface area (Å²) < 4.78 is 0. The van der Waals surface area contributed by atoms with Gasteiger partial charge in [-0.25, -0.2) is 4.98 Å². The number of rotatable bonds is 2. The van der Waals surface area contributed by atoms with Gasteiger partial charge in [-0.3, -0.25) is 4.79 Å². The van der Waals surface area contributed by atoms with Crippen LogP contribution >= 0.6 is 0 Å². The van der Waals surface area contributed by atoms with Crippen LogP contribution in [0.2, 0.25) is 0 Å². The lowest BCUT2D eigenvalue weighted by Gasteiger charge is -2.41. The molecule has 1 fully saturated rings. The van der Waals surface area contributed by atoms with Gasteiger partial charge in [0.2, 0.25) is 0 Å². The van der Waals surface area contributed by atoms with E-state index in [-0.39, 0.29) is 11.0 Å². The smallest absolute Gasteiger partial charge is 0.256 e. The fourth-order valence-electron chi connectivity index (χ4n) is 3.52. The zero-order chi connectivity index (χ0) is 14.3. The molecule has 1 aromatic heterocycles. The Kier molecular flexibility index (Phi) is 2.84. The van der Waals surface area contributed by atoms with E-state index in [1.165, 1.54) is 12.0 Å². The van der Waals surface area contributed by atoms with Gasteiger partial charge in [-0.15, -0.1) is 0 Å². The van der Waals surface area contributed by atoms with E-state index < -0.39 is 0 Å². The third-order valence-corrected chi connectivity index (χ3v) is 4.90. The Morgan fingerprint density at radius 3 is 2.62 bits per heavy atom. The first-order chi connectivity index (χ1) is 10.3. The molecule has 2 N–H and O–H groups in total. The monoisotopic (exact) mass is 281 g/mol. The van der Waals surface area contributed by atoms with Gasteiger partial charge in [0, 0.05) is 6.54 Å². The third kappa shape index (κ3) is 1.89. The number of aromatic nitrogens is 2.